The zero-order chi connectivity index (χ0) is 13.8. The molecule has 1 rings (SSSR count). The van der Waals surface area contributed by atoms with Crippen molar-refractivity contribution in [2.24, 2.45) is 5.16 Å². The molecule has 0 unspecified atom stereocenters. The molecule has 6 heteroatoms. The highest BCUT2D eigenvalue weighted by atomic mass is 35.5. The molecule has 0 spiro atoms. The molecule has 96 valence electrons. The summed E-state index contributed by atoms with van der Waals surface area (Å²) in [7, 11) is 0. The molecule has 2 nitrogen and oxygen atoms in total. The summed E-state index contributed by atoms with van der Waals surface area (Å²) in [5.74, 6) is 0. The van der Waals surface area contributed by atoms with Gasteiger partial charge in [-0.2, -0.15) is 13.2 Å². The van der Waals surface area contributed by atoms with Crippen molar-refractivity contribution >= 4 is 23.4 Å². The smallest absolute Gasteiger partial charge is 0.411 e. The van der Waals surface area contributed by atoms with Crippen LogP contribution in [0, 0.1) is 0 Å². The van der Waals surface area contributed by atoms with Gasteiger partial charge in [0, 0.05) is 10.6 Å². The fraction of sp³-hybridized carbons (Fsp3) is 0.0833. The number of nitrogens with zero attached hydrogens (tertiary/aromatic N) is 1. The number of oxime groups is 1. The van der Waals surface area contributed by atoms with Gasteiger partial charge in [0.05, 0.1) is 11.8 Å². The number of hydrogen-bond acceptors (Lipinski definition) is 2. The van der Waals surface area contributed by atoms with Crippen LogP contribution in [-0.4, -0.2) is 11.4 Å². The third kappa shape index (κ3) is 3.13. The van der Waals surface area contributed by atoms with Crippen LogP contribution in [0.25, 0.3) is 5.57 Å². The summed E-state index contributed by atoms with van der Waals surface area (Å²) in [6, 6.07) is 3.49. The lowest BCUT2D eigenvalue weighted by Gasteiger charge is -2.14. The minimum absolute atomic E-state index is 0.0534. The second-order valence-electron chi connectivity index (χ2n) is 3.25. The lowest BCUT2D eigenvalue weighted by atomic mass is 9.99. The molecular formula is C12H9ClF3NO. The molecule has 0 aliphatic carbocycles. The summed E-state index contributed by atoms with van der Waals surface area (Å²) in [5.41, 5.74) is -0.945. The van der Waals surface area contributed by atoms with E-state index in [0.29, 0.717) is 0 Å². The summed E-state index contributed by atoms with van der Waals surface area (Å²) >= 11 is 5.79. The summed E-state index contributed by atoms with van der Waals surface area (Å²) in [4.78, 5) is 0. The van der Waals surface area contributed by atoms with Crippen LogP contribution in [0.1, 0.15) is 11.1 Å². The van der Waals surface area contributed by atoms with Crippen LogP contribution in [0.4, 0.5) is 13.2 Å². The molecule has 0 amide bonds. The largest absolute Gasteiger partial charge is 0.417 e. The van der Waals surface area contributed by atoms with E-state index in [0.717, 1.165) is 12.3 Å². The monoisotopic (exact) mass is 275 g/mol. The Morgan fingerprint density at radius 3 is 2.56 bits per heavy atom. The second-order valence-corrected chi connectivity index (χ2v) is 3.66. The highest BCUT2D eigenvalue weighted by molar-refractivity contribution is 6.32. The van der Waals surface area contributed by atoms with Crippen molar-refractivity contribution < 1.29 is 18.4 Å². The maximum atomic E-state index is 12.8. The van der Waals surface area contributed by atoms with Gasteiger partial charge in [0.1, 0.15) is 0 Å². The predicted octanol–water partition coefficient (Wildman–Crippen LogP) is 4.39. The van der Waals surface area contributed by atoms with E-state index in [9.17, 15) is 13.2 Å². The molecule has 0 fully saturated rings. The van der Waals surface area contributed by atoms with Crippen LogP contribution >= 0.6 is 11.6 Å². The van der Waals surface area contributed by atoms with E-state index < -0.39 is 11.7 Å². The molecule has 0 saturated heterocycles. The van der Waals surface area contributed by atoms with Gasteiger partial charge in [-0.3, -0.25) is 0 Å². The Bertz CT molecular complexity index is 507. The van der Waals surface area contributed by atoms with Crippen molar-refractivity contribution in [3.8, 4) is 0 Å². The minimum Gasteiger partial charge on any atom is -0.411 e. The van der Waals surface area contributed by atoms with Crippen molar-refractivity contribution in [3.63, 3.8) is 0 Å². The maximum Gasteiger partial charge on any atom is 0.417 e. The Hall–Kier alpha value is -1.75. The second kappa shape index (κ2) is 5.73. The Balaban J connectivity index is 3.51. The van der Waals surface area contributed by atoms with Gasteiger partial charge in [-0.1, -0.05) is 35.5 Å². The van der Waals surface area contributed by atoms with Crippen LogP contribution in [0.2, 0.25) is 5.02 Å². The van der Waals surface area contributed by atoms with Crippen molar-refractivity contribution in [1.82, 2.24) is 0 Å². The molecule has 0 radical (unpaired) electrons. The topological polar surface area (TPSA) is 32.6 Å². The van der Waals surface area contributed by atoms with Crippen molar-refractivity contribution in [1.29, 1.82) is 0 Å². The fourth-order valence-electron chi connectivity index (χ4n) is 1.42. The number of rotatable bonds is 3. The van der Waals surface area contributed by atoms with E-state index in [2.05, 4.69) is 11.7 Å². The third-order valence-corrected chi connectivity index (χ3v) is 2.46. The third-order valence-electron chi connectivity index (χ3n) is 2.15. The van der Waals surface area contributed by atoms with Gasteiger partial charge in [-0.15, -0.1) is 0 Å². The Kier molecular flexibility index (Phi) is 4.55. The Morgan fingerprint density at radius 1 is 1.39 bits per heavy atom. The van der Waals surface area contributed by atoms with Gasteiger partial charge in [0.15, 0.2) is 0 Å². The normalized spacial score (nSPS) is 13.0. The molecule has 1 aromatic rings. The molecule has 0 aliphatic rings. The van der Waals surface area contributed by atoms with E-state index in [1.54, 1.807) is 0 Å². The first kappa shape index (κ1) is 14.3. The quantitative estimate of drug-likeness (QED) is 0.377. The summed E-state index contributed by atoms with van der Waals surface area (Å²) in [6.45, 7) is 3.42. The predicted molar refractivity (Wildman–Crippen MR) is 64.9 cm³/mol. The van der Waals surface area contributed by atoms with E-state index in [1.807, 2.05) is 0 Å². The maximum absolute atomic E-state index is 12.8. The zero-order valence-electron chi connectivity index (χ0n) is 9.08. The van der Waals surface area contributed by atoms with Crippen molar-refractivity contribution in [3.05, 3.63) is 53.1 Å². The average Bonchev–Trinajstić information content (AvgIpc) is 2.30. The molecule has 0 saturated carbocycles. The van der Waals surface area contributed by atoms with Crippen LogP contribution in [0.5, 0.6) is 0 Å². The Morgan fingerprint density at radius 2 is 2.06 bits per heavy atom. The molecule has 0 aromatic heterocycles. The van der Waals surface area contributed by atoms with Gasteiger partial charge in [-0.05, 0) is 23.8 Å². The van der Waals surface area contributed by atoms with E-state index >= 15 is 0 Å². The Labute approximate surface area is 107 Å². The standard InChI is InChI=1S/C12H9ClF3NO/c1-2-8(6-7-17-18)11-9(12(14,15)16)4-3-5-10(11)13/h2-7,18H,1H2/b8-6+,17-7?. The van der Waals surface area contributed by atoms with Crippen LogP contribution < -0.4 is 0 Å². The molecular weight excluding hydrogens is 267 g/mol. The first-order valence-electron chi connectivity index (χ1n) is 4.78. The molecule has 1 N–H and O–H groups in total. The average molecular weight is 276 g/mol. The fourth-order valence-corrected chi connectivity index (χ4v) is 1.70. The lowest BCUT2D eigenvalue weighted by Crippen LogP contribution is -2.09. The van der Waals surface area contributed by atoms with E-state index in [1.165, 1.54) is 24.3 Å². The minimum atomic E-state index is -4.53. The van der Waals surface area contributed by atoms with Crippen LogP contribution in [0.15, 0.2) is 42.1 Å². The number of alkyl halides is 3. The van der Waals surface area contributed by atoms with Crippen molar-refractivity contribution in [2.45, 2.75) is 6.18 Å². The molecule has 0 heterocycles. The molecule has 18 heavy (non-hydrogen) atoms. The van der Waals surface area contributed by atoms with Crippen LogP contribution in [-0.2, 0) is 6.18 Å². The summed E-state index contributed by atoms with van der Waals surface area (Å²) in [6.07, 6.45) is -1.19. The van der Waals surface area contributed by atoms with Gasteiger partial charge >= 0.3 is 6.18 Å². The highest BCUT2D eigenvalue weighted by Crippen LogP contribution is 2.38. The highest BCUT2D eigenvalue weighted by Gasteiger charge is 2.34. The number of allylic oxidation sites excluding steroid dienone is 3. The van der Waals surface area contributed by atoms with Crippen molar-refractivity contribution in [2.75, 3.05) is 0 Å². The van der Waals surface area contributed by atoms with E-state index in [-0.39, 0.29) is 16.2 Å². The molecule has 1 aromatic carbocycles. The molecule has 0 atom stereocenters. The molecule has 0 aliphatic heterocycles. The zero-order valence-corrected chi connectivity index (χ0v) is 9.83. The van der Waals surface area contributed by atoms with Gasteiger partial charge < -0.3 is 5.21 Å². The molecule has 0 bridgehead atoms. The first-order valence-corrected chi connectivity index (χ1v) is 5.16. The summed E-state index contributed by atoms with van der Waals surface area (Å²) < 4.78 is 38.5. The number of hydrogen-bond donors (Lipinski definition) is 1. The number of halogens is 4. The summed E-state index contributed by atoms with van der Waals surface area (Å²) in [5, 5.41) is 10.9. The van der Waals surface area contributed by atoms with Gasteiger partial charge in [0.2, 0.25) is 0 Å². The number of benzene rings is 1. The van der Waals surface area contributed by atoms with Gasteiger partial charge in [-0.25, -0.2) is 0 Å². The SMILES string of the molecule is C=C/C(=C\C=NO)c1c(Cl)cccc1C(F)(F)F. The van der Waals surface area contributed by atoms with E-state index in [4.69, 9.17) is 16.8 Å². The van der Waals surface area contributed by atoms with Gasteiger partial charge in [0.25, 0.3) is 0 Å². The first-order chi connectivity index (χ1) is 8.41. The van der Waals surface area contributed by atoms with Crippen LogP contribution in [0.3, 0.4) is 0 Å². The lowest BCUT2D eigenvalue weighted by molar-refractivity contribution is -0.137.